The molecule has 32 heavy (non-hydrogen) atoms. The van der Waals surface area contributed by atoms with Crippen LogP contribution in [0.25, 0.3) is 0 Å². The number of carbonyl (C=O) groups is 1. The van der Waals surface area contributed by atoms with Crippen molar-refractivity contribution in [2.24, 2.45) is 0 Å². The van der Waals surface area contributed by atoms with Gasteiger partial charge in [-0.25, -0.2) is 12.8 Å². The zero-order valence-corrected chi connectivity index (χ0v) is 19.9. The molecule has 174 valence electrons. The van der Waals surface area contributed by atoms with Crippen LogP contribution in [0.1, 0.15) is 15.9 Å². The van der Waals surface area contributed by atoms with Crippen LogP contribution in [0.3, 0.4) is 0 Å². The van der Waals surface area contributed by atoms with E-state index in [1.807, 2.05) is 0 Å². The third kappa shape index (κ3) is 5.93. The van der Waals surface area contributed by atoms with Gasteiger partial charge in [-0.2, -0.15) is 16.1 Å². The number of sulfonamides is 1. The molecule has 0 radical (unpaired) electrons. The van der Waals surface area contributed by atoms with Gasteiger partial charge in [0.2, 0.25) is 10.0 Å². The molecular weight excluding hydrogens is 479 g/mol. The van der Waals surface area contributed by atoms with Crippen LogP contribution < -0.4 is 10.1 Å². The summed E-state index contributed by atoms with van der Waals surface area (Å²) in [6, 6.07) is 8.75. The van der Waals surface area contributed by atoms with Crippen molar-refractivity contribution in [3.05, 3.63) is 58.4 Å². The molecule has 11 heteroatoms. The van der Waals surface area contributed by atoms with Gasteiger partial charge in [0.05, 0.1) is 30.8 Å². The molecule has 1 heterocycles. The van der Waals surface area contributed by atoms with Crippen LogP contribution in [0.5, 0.6) is 5.75 Å². The maximum atomic E-state index is 13.8. The number of nitrogens with one attached hydrogen (secondary N) is 1. The summed E-state index contributed by atoms with van der Waals surface area (Å²) in [4.78, 5) is 12.7. The van der Waals surface area contributed by atoms with Gasteiger partial charge in [0.15, 0.2) is 0 Å². The maximum absolute atomic E-state index is 13.8. The van der Waals surface area contributed by atoms with E-state index in [0.717, 1.165) is 0 Å². The molecule has 1 aliphatic heterocycles. The molecular formula is C21H24ClFN2O5S2. The van der Waals surface area contributed by atoms with Crippen LogP contribution in [0.2, 0.25) is 5.02 Å². The van der Waals surface area contributed by atoms with E-state index in [2.05, 4.69) is 5.32 Å². The number of methoxy groups -OCH3 is 1. The Labute approximate surface area is 196 Å². The van der Waals surface area contributed by atoms with E-state index in [0.29, 0.717) is 41.9 Å². The molecule has 1 N–H and O–H groups in total. The first kappa shape index (κ1) is 24.8. The van der Waals surface area contributed by atoms with E-state index in [4.69, 9.17) is 21.1 Å². The Kier molecular flexibility index (Phi) is 8.78. The summed E-state index contributed by atoms with van der Waals surface area (Å²) in [6.45, 7) is 1.49. The molecule has 3 rings (SSSR count). The first-order valence-electron chi connectivity index (χ1n) is 9.89. The number of hydrogen-bond donors (Lipinski definition) is 1. The number of benzene rings is 2. The Morgan fingerprint density at radius 1 is 1.28 bits per heavy atom. The standard InChI is InChI=1S/C21H24ClFN2O5S2/c1-29-20-6-5-15(32(27,28)25-8-10-30-11-9-25)13-16(20)21(26)24-7-12-31-14-17-18(22)3-2-4-19(17)23/h2-6,13H,7-12,14H2,1H3,(H,24,26). The number of halogens is 2. The molecule has 1 aliphatic rings. The lowest BCUT2D eigenvalue weighted by Gasteiger charge is -2.26. The van der Waals surface area contributed by atoms with Crippen LogP contribution in [0, 0.1) is 5.82 Å². The van der Waals surface area contributed by atoms with Gasteiger partial charge in [0.1, 0.15) is 11.6 Å². The third-order valence-corrected chi connectivity index (χ3v) is 8.10. The van der Waals surface area contributed by atoms with Crippen LogP contribution >= 0.6 is 23.4 Å². The van der Waals surface area contributed by atoms with Crippen molar-refractivity contribution >= 4 is 39.3 Å². The van der Waals surface area contributed by atoms with Crippen LogP contribution in [-0.2, 0) is 20.5 Å². The predicted molar refractivity (Wildman–Crippen MR) is 122 cm³/mol. The molecule has 7 nitrogen and oxygen atoms in total. The molecule has 0 atom stereocenters. The smallest absolute Gasteiger partial charge is 0.255 e. The van der Waals surface area contributed by atoms with E-state index in [9.17, 15) is 17.6 Å². The van der Waals surface area contributed by atoms with Gasteiger partial charge in [-0.15, -0.1) is 0 Å². The first-order chi connectivity index (χ1) is 15.3. The topological polar surface area (TPSA) is 84.9 Å². The summed E-state index contributed by atoms with van der Waals surface area (Å²) in [5.74, 6) is 0.347. The van der Waals surface area contributed by atoms with Gasteiger partial charge >= 0.3 is 0 Å². The Balaban J connectivity index is 1.62. The highest BCUT2D eigenvalue weighted by atomic mass is 35.5. The van der Waals surface area contributed by atoms with Gasteiger partial charge in [-0.1, -0.05) is 17.7 Å². The van der Waals surface area contributed by atoms with Crippen LogP contribution in [-0.4, -0.2) is 64.3 Å². The van der Waals surface area contributed by atoms with Crippen molar-refractivity contribution < 1.29 is 27.1 Å². The molecule has 0 aromatic heterocycles. The fraction of sp³-hybridized carbons (Fsp3) is 0.381. The van der Waals surface area contributed by atoms with Crippen molar-refractivity contribution in [2.45, 2.75) is 10.6 Å². The Morgan fingerprint density at radius 2 is 2.03 bits per heavy atom. The summed E-state index contributed by atoms with van der Waals surface area (Å²) in [5.41, 5.74) is 0.553. The molecule has 2 aromatic carbocycles. The number of morpholine rings is 1. The fourth-order valence-corrected chi connectivity index (χ4v) is 5.77. The van der Waals surface area contributed by atoms with Gasteiger partial charge in [0.25, 0.3) is 5.91 Å². The predicted octanol–water partition coefficient (Wildman–Crippen LogP) is 3.17. The minimum absolute atomic E-state index is 0.0221. The molecule has 1 fully saturated rings. The van der Waals surface area contributed by atoms with E-state index in [1.54, 1.807) is 12.1 Å². The molecule has 1 amide bonds. The Hall–Kier alpha value is -1.85. The van der Waals surface area contributed by atoms with Gasteiger partial charge in [-0.05, 0) is 30.3 Å². The first-order valence-corrected chi connectivity index (χ1v) is 12.9. The van der Waals surface area contributed by atoms with Crippen molar-refractivity contribution in [1.82, 2.24) is 9.62 Å². The summed E-state index contributed by atoms with van der Waals surface area (Å²) >= 11 is 7.44. The number of thioether (sulfide) groups is 1. The zero-order chi connectivity index (χ0) is 23.1. The second-order valence-electron chi connectivity index (χ2n) is 6.89. The second kappa shape index (κ2) is 11.3. The number of rotatable bonds is 9. The van der Waals surface area contributed by atoms with Crippen LogP contribution in [0.15, 0.2) is 41.3 Å². The Bertz CT molecular complexity index is 1040. The highest BCUT2D eigenvalue weighted by Gasteiger charge is 2.28. The third-order valence-electron chi connectivity index (χ3n) is 4.86. The van der Waals surface area contributed by atoms with Crippen molar-refractivity contribution in [3.8, 4) is 5.75 Å². The highest BCUT2D eigenvalue weighted by Crippen LogP contribution is 2.26. The van der Waals surface area contributed by atoms with E-state index in [1.165, 1.54) is 47.4 Å². The van der Waals surface area contributed by atoms with Crippen molar-refractivity contribution in [3.63, 3.8) is 0 Å². The molecule has 0 spiro atoms. The molecule has 2 aromatic rings. The van der Waals surface area contributed by atoms with Gasteiger partial charge in [-0.3, -0.25) is 4.79 Å². The number of carbonyl (C=O) groups excluding carboxylic acids is 1. The molecule has 0 saturated carbocycles. The summed E-state index contributed by atoms with van der Waals surface area (Å²) in [6.07, 6.45) is 0. The molecule has 0 aliphatic carbocycles. The lowest BCUT2D eigenvalue weighted by atomic mass is 10.2. The largest absolute Gasteiger partial charge is 0.496 e. The normalized spacial score (nSPS) is 14.8. The monoisotopic (exact) mass is 502 g/mol. The molecule has 0 bridgehead atoms. The number of ether oxygens (including phenoxy) is 2. The average Bonchev–Trinajstić information content (AvgIpc) is 2.80. The number of nitrogens with zero attached hydrogens (tertiary/aromatic N) is 1. The van der Waals surface area contributed by atoms with Gasteiger partial charge < -0.3 is 14.8 Å². The van der Waals surface area contributed by atoms with E-state index < -0.39 is 15.9 Å². The lowest BCUT2D eigenvalue weighted by molar-refractivity contribution is 0.0730. The van der Waals surface area contributed by atoms with Crippen LogP contribution in [0.4, 0.5) is 4.39 Å². The van der Waals surface area contributed by atoms with Crippen molar-refractivity contribution in [2.75, 3.05) is 45.7 Å². The summed E-state index contributed by atoms with van der Waals surface area (Å²) < 4.78 is 51.4. The lowest BCUT2D eigenvalue weighted by Crippen LogP contribution is -2.40. The maximum Gasteiger partial charge on any atom is 0.255 e. The molecule has 1 saturated heterocycles. The second-order valence-corrected chi connectivity index (χ2v) is 10.3. The molecule has 0 unspecified atom stereocenters. The van der Waals surface area contributed by atoms with Gasteiger partial charge in [0, 0.05) is 41.7 Å². The minimum atomic E-state index is -3.75. The zero-order valence-electron chi connectivity index (χ0n) is 17.5. The Morgan fingerprint density at radius 3 is 2.72 bits per heavy atom. The minimum Gasteiger partial charge on any atom is -0.496 e. The highest BCUT2D eigenvalue weighted by molar-refractivity contribution is 7.98. The summed E-state index contributed by atoms with van der Waals surface area (Å²) in [5, 5.41) is 3.12. The average molecular weight is 503 g/mol. The van der Waals surface area contributed by atoms with E-state index >= 15 is 0 Å². The quantitative estimate of drug-likeness (QED) is 0.530. The summed E-state index contributed by atoms with van der Waals surface area (Å²) in [7, 11) is -2.33. The van der Waals surface area contributed by atoms with E-state index in [-0.39, 0.29) is 35.1 Å². The van der Waals surface area contributed by atoms with Crippen molar-refractivity contribution in [1.29, 1.82) is 0 Å². The number of amides is 1. The SMILES string of the molecule is COc1ccc(S(=O)(=O)N2CCOCC2)cc1C(=O)NCCSCc1c(F)cccc1Cl. The fourth-order valence-electron chi connectivity index (χ4n) is 3.14. The number of hydrogen-bond acceptors (Lipinski definition) is 6.